The van der Waals surface area contributed by atoms with E-state index in [1.54, 1.807) is 36.4 Å². The second-order valence-corrected chi connectivity index (χ2v) is 6.99. The lowest BCUT2D eigenvalue weighted by atomic mass is 10.1. The summed E-state index contributed by atoms with van der Waals surface area (Å²) >= 11 is 11.9. The minimum Gasteiger partial charge on any atom is -0.326 e. The predicted octanol–water partition coefficient (Wildman–Crippen LogP) is 5.39. The molecule has 8 heteroatoms. The van der Waals surface area contributed by atoms with Gasteiger partial charge in [0.25, 0.3) is 0 Å². The lowest BCUT2D eigenvalue weighted by Crippen LogP contribution is -2.24. The number of amides is 2. The van der Waals surface area contributed by atoms with E-state index in [1.807, 2.05) is 0 Å². The summed E-state index contributed by atoms with van der Waals surface area (Å²) in [5, 5.41) is 3.16. The molecule has 0 saturated carbocycles. The standard InChI is InChI=1S/C21H16Cl2FN3O2/c1-13(28)27(16-6-7-19(24)18(23)12-16)20-11-15(8-9-25-20)26-21(29)10-14-4-2-3-5-17(14)22/h2-9,11-12H,10H2,1H3,(H,25,26,29). The molecule has 0 aliphatic carbocycles. The molecule has 0 aliphatic heterocycles. The average molecular weight is 432 g/mol. The summed E-state index contributed by atoms with van der Waals surface area (Å²) in [6.07, 6.45) is 1.56. The van der Waals surface area contributed by atoms with Gasteiger partial charge in [0.1, 0.15) is 11.6 Å². The number of halogens is 3. The Bertz CT molecular complexity index is 1080. The van der Waals surface area contributed by atoms with Gasteiger partial charge in [-0.2, -0.15) is 0 Å². The van der Waals surface area contributed by atoms with Crippen LogP contribution in [-0.4, -0.2) is 16.8 Å². The van der Waals surface area contributed by atoms with E-state index >= 15 is 0 Å². The van der Waals surface area contributed by atoms with E-state index in [0.29, 0.717) is 22.0 Å². The molecule has 0 fully saturated rings. The maximum atomic E-state index is 13.5. The minimum atomic E-state index is -0.590. The quantitative estimate of drug-likeness (QED) is 0.588. The molecule has 0 unspecified atom stereocenters. The molecule has 3 aromatic rings. The largest absolute Gasteiger partial charge is 0.326 e. The number of hydrogen-bond donors (Lipinski definition) is 1. The van der Waals surface area contributed by atoms with Crippen LogP contribution >= 0.6 is 23.2 Å². The van der Waals surface area contributed by atoms with Gasteiger partial charge in [-0.25, -0.2) is 9.37 Å². The Hall–Kier alpha value is -2.96. The van der Waals surface area contributed by atoms with E-state index in [1.165, 1.54) is 36.2 Å². The summed E-state index contributed by atoms with van der Waals surface area (Å²) in [5.41, 5.74) is 1.51. The fourth-order valence-electron chi connectivity index (χ4n) is 2.74. The Morgan fingerprint density at radius 2 is 1.83 bits per heavy atom. The van der Waals surface area contributed by atoms with Gasteiger partial charge in [-0.3, -0.25) is 14.5 Å². The van der Waals surface area contributed by atoms with Crippen LogP contribution in [0, 0.1) is 5.82 Å². The van der Waals surface area contributed by atoms with Crippen LogP contribution in [0.4, 0.5) is 21.6 Å². The molecule has 2 amide bonds. The maximum absolute atomic E-state index is 13.5. The van der Waals surface area contributed by atoms with Crippen molar-refractivity contribution < 1.29 is 14.0 Å². The normalized spacial score (nSPS) is 10.5. The Labute approximate surface area is 177 Å². The molecule has 2 aromatic carbocycles. The molecular formula is C21H16Cl2FN3O2. The van der Waals surface area contributed by atoms with Crippen LogP contribution in [0.2, 0.25) is 10.0 Å². The molecule has 3 rings (SSSR count). The smallest absolute Gasteiger partial charge is 0.229 e. The number of hydrogen-bond acceptors (Lipinski definition) is 3. The molecule has 0 atom stereocenters. The molecule has 29 heavy (non-hydrogen) atoms. The highest BCUT2D eigenvalue weighted by molar-refractivity contribution is 6.31. The van der Waals surface area contributed by atoms with Gasteiger partial charge in [0, 0.05) is 29.9 Å². The van der Waals surface area contributed by atoms with E-state index < -0.39 is 5.82 Å². The van der Waals surface area contributed by atoms with Crippen LogP contribution in [0.3, 0.4) is 0 Å². The summed E-state index contributed by atoms with van der Waals surface area (Å²) in [7, 11) is 0. The Morgan fingerprint density at radius 1 is 1.07 bits per heavy atom. The van der Waals surface area contributed by atoms with Crippen molar-refractivity contribution in [3.63, 3.8) is 0 Å². The summed E-state index contributed by atoms with van der Waals surface area (Å²) in [6, 6.07) is 14.2. The van der Waals surface area contributed by atoms with E-state index in [4.69, 9.17) is 23.2 Å². The molecule has 0 spiro atoms. The number of pyridine rings is 1. The van der Waals surface area contributed by atoms with Crippen LogP contribution in [-0.2, 0) is 16.0 Å². The molecule has 1 heterocycles. The van der Waals surface area contributed by atoms with Crippen molar-refractivity contribution in [3.05, 3.63) is 82.2 Å². The van der Waals surface area contributed by atoms with Crippen molar-refractivity contribution >= 4 is 52.2 Å². The molecule has 1 N–H and O–H groups in total. The Morgan fingerprint density at radius 3 is 2.52 bits per heavy atom. The third kappa shape index (κ3) is 5.10. The van der Waals surface area contributed by atoms with Gasteiger partial charge in [-0.1, -0.05) is 41.4 Å². The van der Waals surface area contributed by atoms with E-state index in [0.717, 1.165) is 0 Å². The van der Waals surface area contributed by atoms with E-state index in [2.05, 4.69) is 10.3 Å². The molecule has 0 aliphatic rings. The fourth-order valence-corrected chi connectivity index (χ4v) is 3.12. The third-order valence-corrected chi connectivity index (χ3v) is 4.70. The van der Waals surface area contributed by atoms with Crippen molar-refractivity contribution in [2.75, 3.05) is 10.2 Å². The lowest BCUT2D eigenvalue weighted by Gasteiger charge is -2.21. The second-order valence-electron chi connectivity index (χ2n) is 6.17. The Kier molecular flexibility index (Phi) is 6.46. The van der Waals surface area contributed by atoms with Crippen molar-refractivity contribution in [3.8, 4) is 0 Å². The van der Waals surface area contributed by atoms with Crippen molar-refractivity contribution in [1.29, 1.82) is 0 Å². The van der Waals surface area contributed by atoms with Gasteiger partial charge in [0.05, 0.1) is 17.1 Å². The number of aromatic nitrogens is 1. The number of carbonyl (C=O) groups is 2. The van der Waals surface area contributed by atoms with E-state index in [-0.39, 0.29) is 29.1 Å². The van der Waals surface area contributed by atoms with Crippen LogP contribution in [0.15, 0.2) is 60.8 Å². The highest BCUT2D eigenvalue weighted by atomic mass is 35.5. The summed E-state index contributed by atoms with van der Waals surface area (Å²) in [5.74, 6) is -0.947. The van der Waals surface area contributed by atoms with Crippen LogP contribution < -0.4 is 10.2 Å². The first-order valence-corrected chi connectivity index (χ1v) is 9.36. The van der Waals surface area contributed by atoms with Gasteiger partial charge < -0.3 is 5.32 Å². The first kappa shape index (κ1) is 20.8. The van der Waals surface area contributed by atoms with Crippen LogP contribution in [0.5, 0.6) is 0 Å². The fraction of sp³-hybridized carbons (Fsp3) is 0.0952. The highest BCUT2D eigenvalue weighted by Crippen LogP contribution is 2.29. The zero-order valence-corrected chi connectivity index (χ0v) is 16.8. The number of benzene rings is 2. The lowest BCUT2D eigenvalue weighted by molar-refractivity contribution is -0.116. The first-order valence-electron chi connectivity index (χ1n) is 8.60. The second kappa shape index (κ2) is 9.03. The molecular weight excluding hydrogens is 416 g/mol. The maximum Gasteiger partial charge on any atom is 0.229 e. The number of nitrogens with one attached hydrogen (secondary N) is 1. The first-order chi connectivity index (χ1) is 13.8. The number of carbonyl (C=O) groups excluding carboxylic acids is 2. The molecule has 0 radical (unpaired) electrons. The minimum absolute atomic E-state index is 0.0985. The predicted molar refractivity (Wildman–Crippen MR) is 112 cm³/mol. The van der Waals surface area contributed by atoms with Gasteiger partial charge in [0.15, 0.2) is 0 Å². The van der Waals surface area contributed by atoms with Crippen LogP contribution in [0.25, 0.3) is 0 Å². The molecule has 5 nitrogen and oxygen atoms in total. The highest BCUT2D eigenvalue weighted by Gasteiger charge is 2.18. The zero-order chi connectivity index (χ0) is 21.0. The average Bonchev–Trinajstić information content (AvgIpc) is 2.67. The molecule has 148 valence electrons. The van der Waals surface area contributed by atoms with Crippen molar-refractivity contribution in [2.24, 2.45) is 0 Å². The number of rotatable bonds is 5. The van der Waals surface area contributed by atoms with Gasteiger partial charge >= 0.3 is 0 Å². The SMILES string of the molecule is CC(=O)N(c1ccc(F)c(Cl)c1)c1cc(NC(=O)Cc2ccccc2Cl)ccn1. The summed E-state index contributed by atoms with van der Waals surface area (Å²) in [4.78, 5) is 30.0. The summed E-state index contributed by atoms with van der Waals surface area (Å²) < 4.78 is 13.5. The van der Waals surface area contributed by atoms with Crippen molar-refractivity contribution in [2.45, 2.75) is 13.3 Å². The number of anilines is 3. The topological polar surface area (TPSA) is 62.3 Å². The Balaban J connectivity index is 1.83. The monoisotopic (exact) mass is 431 g/mol. The van der Waals surface area contributed by atoms with Gasteiger partial charge in [0.2, 0.25) is 11.8 Å². The molecule has 1 aromatic heterocycles. The van der Waals surface area contributed by atoms with Gasteiger partial charge in [-0.15, -0.1) is 0 Å². The molecule has 0 bridgehead atoms. The van der Waals surface area contributed by atoms with Crippen LogP contribution in [0.1, 0.15) is 12.5 Å². The summed E-state index contributed by atoms with van der Waals surface area (Å²) in [6.45, 7) is 1.35. The zero-order valence-electron chi connectivity index (χ0n) is 15.3. The van der Waals surface area contributed by atoms with E-state index in [9.17, 15) is 14.0 Å². The molecule has 0 saturated heterocycles. The third-order valence-electron chi connectivity index (χ3n) is 4.04. The van der Waals surface area contributed by atoms with Gasteiger partial charge in [-0.05, 0) is 35.9 Å². The number of nitrogens with zero attached hydrogens (tertiary/aromatic N) is 2. The van der Waals surface area contributed by atoms with Crippen molar-refractivity contribution in [1.82, 2.24) is 4.98 Å².